The van der Waals surface area contributed by atoms with Gasteiger partial charge in [-0.1, -0.05) is 23.7 Å². The molecular weight excluding hydrogens is 452 g/mol. The number of imidazole rings is 1. The van der Waals surface area contributed by atoms with Crippen molar-refractivity contribution in [3.05, 3.63) is 80.7 Å². The van der Waals surface area contributed by atoms with E-state index in [1.54, 1.807) is 36.5 Å². The van der Waals surface area contributed by atoms with Gasteiger partial charge < -0.3 is 25.7 Å². The van der Waals surface area contributed by atoms with Gasteiger partial charge >= 0.3 is 0 Å². The zero-order valence-electron chi connectivity index (χ0n) is 18.8. The number of halogens is 1. The lowest BCUT2D eigenvalue weighted by Crippen LogP contribution is -2.20. The fourth-order valence-corrected chi connectivity index (χ4v) is 4.38. The number of benzene rings is 2. The lowest BCUT2D eigenvalue weighted by atomic mass is 10.1. The molecule has 2 aromatic heterocycles. The van der Waals surface area contributed by atoms with Crippen molar-refractivity contribution >= 4 is 34.2 Å². The van der Waals surface area contributed by atoms with Crippen molar-refractivity contribution < 1.29 is 5.11 Å². The number of aromatic nitrogens is 3. The smallest absolute Gasteiger partial charge is 0.261 e. The van der Waals surface area contributed by atoms with Crippen LogP contribution in [0.15, 0.2) is 58.4 Å². The van der Waals surface area contributed by atoms with Gasteiger partial charge in [0.25, 0.3) is 5.56 Å². The van der Waals surface area contributed by atoms with Crippen LogP contribution in [0, 0.1) is 6.92 Å². The SMILES string of the molecule is Cc1cc(C2=N[C@@H](C)CN2)cc2[nH]c(-c3c(NC[C@@H](O)c4cccc(Cl)c4)cc[nH]c3=O)nc12. The van der Waals surface area contributed by atoms with Crippen LogP contribution < -0.4 is 16.2 Å². The normalized spacial score (nSPS) is 16.4. The Bertz CT molecular complexity index is 1460. The van der Waals surface area contributed by atoms with E-state index in [1.165, 1.54) is 0 Å². The molecule has 0 fully saturated rings. The van der Waals surface area contributed by atoms with E-state index in [0.717, 1.165) is 34.5 Å². The third kappa shape index (κ3) is 4.30. The lowest BCUT2D eigenvalue weighted by Gasteiger charge is -2.15. The molecule has 34 heavy (non-hydrogen) atoms. The largest absolute Gasteiger partial charge is 0.387 e. The van der Waals surface area contributed by atoms with Gasteiger partial charge in [-0.15, -0.1) is 0 Å². The van der Waals surface area contributed by atoms with Gasteiger partial charge in [0.1, 0.15) is 17.2 Å². The fraction of sp³-hybridized carbons (Fsp3) is 0.240. The predicted molar refractivity (Wildman–Crippen MR) is 136 cm³/mol. The van der Waals surface area contributed by atoms with Crippen LogP contribution >= 0.6 is 11.6 Å². The summed E-state index contributed by atoms with van der Waals surface area (Å²) in [5, 5.41) is 17.7. The number of nitrogens with one attached hydrogen (secondary N) is 4. The molecule has 0 amide bonds. The molecule has 3 heterocycles. The second-order valence-corrected chi connectivity index (χ2v) is 8.97. The average molecular weight is 477 g/mol. The van der Waals surface area contributed by atoms with Gasteiger partial charge in [-0.2, -0.15) is 0 Å². The number of pyridine rings is 1. The van der Waals surface area contributed by atoms with E-state index >= 15 is 0 Å². The zero-order chi connectivity index (χ0) is 23.8. The summed E-state index contributed by atoms with van der Waals surface area (Å²) in [6.45, 7) is 5.07. The molecule has 5 rings (SSSR count). The molecule has 0 bridgehead atoms. The molecule has 8 nitrogen and oxygen atoms in total. The second kappa shape index (κ2) is 8.96. The van der Waals surface area contributed by atoms with Gasteiger partial charge in [0.2, 0.25) is 0 Å². The van der Waals surface area contributed by atoms with E-state index in [4.69, 9.17) is 16.6 Å². The number of hydrogen-bond acceptors (Lipinski definition) is 6. The lowest BCUT2D eigenvalue weighted by molar-refractivity contribution is 0.191. The zero-order valence-corrected chi connectivity index (χ0v) is 19.6. The highest BCUT2D eigenvalue weighted by molar-refractivity contribution is 6.30. The number of aliphatic imine (C=N–C) groups is 1. The molecule has 0 unspecified atom stereocenters. The number of aliphatic hydroxyl groups is 1. The average Bonchev–Trinajstić information content (AvgIpc) is 3.44. The minimum Gasteiger partial charge on any atom is -0.387 e. The Labute approximate surface area is 201 Å². The molecular formula is C25H25ClN6O2. The summed E-state index contributed by atoms with van der Waals surface area (Å²) in [5.41, 5.74) is 4.93. The number of hydrogen-bond donors (Lipinski definition) is 5. The van der Waals surface area contributed by atoms with E-state index in [-0.39, 0.29) is 18.1 Å². The van der Waals surface area contributed by atoms with Gasteiger partial charge in [0, 0.05) is 29.9 Å². The van der Waals surface area contributed by atoms with Crippen LogP contribution in [0.4, 0.5) is 5.69 Å². The van der Waals surface area contributed by atoms with Gasteiger partial charge in [-0.05, 0) is 55.3 Å². The third-order valence-corrected chi connectivity index (χ3v) is 6.12. The number of nitrogens with zero attached hydrogens (tertiary/aromatic N) is 2. The molecule has 0 radical (unpaired) electrons. The molecule has 5 N–H and O–H groups in total. The van der Waals surface area contributed by atoms with Crippen molar-refractivity contribution in [1.29, 1.82) is 0 Å². The van der Waals surface area contributed by atoms with E-state index in [2.05, 4.69) is 32.5 Å². The topological polar surface area (TPSA) is 118 Å². The quantitative estimate of drug-likeness (QED) is 0.290. The van der Waals surface area contributed by atoms with Crippen molar-refractivity contribution in [3.8, 4) is 11.4 Å². The highest BCUT2D eigenvalue weighted by Gasteiger charge is 2.19. The molecule has 0 saturated carbocycles. The number of aromatic amines is 2. The van der Waals surface area contributed by atoms with Crippen LogP contribution in [-0.4, -0.2) is 45.0 Å². The van der Waals surface area contributed by atoms with Crippen LogP contribution in [0.1, 0.15) is 29.7 Å². The number of aliphatic hydroxyl groups excluding tert-OH is 1. The highest BCUT2D eigenvalue weighted by Crippen LogP contribution is 2.28. The molecule has 4 aromatic rings. The first-order valence-electron chi connectivity index (χ1n) is 11.1. The molecule has 174 valence electrons. The van der Waals surface area contributed by atoms with E-state index in [1.807, 2.05) is 19.1 Å². The first kappa shape index (κ1) is 22.2. The molecule has 0 aliphatic carbocycles. The standard InChI is InChI=1S/C25H25ClN6O2/c1-13-8-16(23-29-11-14(2)30-23)10-19-22(13)32-24(31-19)21-18(6-7-27-25(21)34)28-12-20(33)15-4-3-5-17(26)9-15/h3-10,14,20,33H,11-12H2,1-2H3,(H,29,30)(H,31,32)(H2,27,28,34)/t14-,20+/m0/s1. The first-order chi connectivity index (χ1) is 16.4. The van der Waals surface area contributed by atoms with Gasteiger partial charge in [0.05, 0.1) is 28.9 Å². The number of H-pyrrole nitrogens is 2. The number of amidine groups is 1. The van der Waals surface area contributed by atoms with E-state index < -0.39 is 6.10 Å². The van der Waals surface area contributed by atoms with Crippen molar-refractivity contribution in [1.82, 2.24) is 20.3 Å². The van der Waals surface area contributed by atoms with Crippen molar-refractivity contribution in [2.45, 2.75) is 26.0 Å². The van der Waals surface area contributed by atoms with Crippen LogP contribution in [0.2, 0.25) is 5.02 Å². The molecule has 2 aromatic carbocycles. The molecule has 0 saturated heterocycles. The summed E-state index contributed by atoms with van der Waals surface area (Å²) in [5.74, 6) is 1.31. The predicted octanol–water partition coefficient (Wildman–Crippen LogP) is 3.76. The summed E-state index contributed by atoms with van der Waals surface area (Å²) < 4.78 is 0. The summed E-state index contributed by atoms with van der Waals surface area (Å²) in [6, 6.07) is 13.1. The van der Waals surface area contributed by atoms with Crippen LogP contribution in [0.25, 0.3) is 22.4 Å². The van der Waals surface area contributed by atoms with Crippen molar-refractivity contribution in [2.24, 2.45) is 4.99 Å². The highest BCUT2D eigenvalue weighted by atomic mass is 35.5. The Balaban J connectivity index is 1.48. The first-order valence-corrected chi connectivity index (χ1v) is 11.5. The van der Waals surface area contributed by atoms with Crippen molar-refractivity contribution in [2.75, 3.05) is 18.4 Å². The van der Waals surface area contributed by atoms with E-state index in [9.17, 15) is 9.90 Å². The third-order valence-electron chi connectivity index (χ3n) is 5.88. The monoisotopic (exact) mass is 476 g/mol. The maximum absolute atomic E-state index is 12.8. The summed E-state index contributed by atoms with van der Waals surface area (Å²) in [4.78, 5) is 28.2. The van der Waals surface area contributed by atoms with Crippen LogP contribution in [-0.2, 0) is 0 Å². The Morgan fingerprint density at radius 1 is 1.26 bits per heavy atom. The molecule has 1 aliphatic heterocycles. The Morgan fingerprint density at radius 3 is 2.88 bits per heavy atom. The Morgan fingerprint density at radius 2 is 2.12 bits per heavy atom. The van der Waals surface area contributed by atoms with Gasteiger partial charge in [0.15, 0.2) is 0 Å². The van der Waals surface area contributed by atoms with E-state index in [0.29, 0.717) is 27.7 Å². The maximum atomic E-state index is 12.8. The van der Waals surface area contributed by atoms with Crippen LogP contribution in [0.3, 0.4) is 0 Å². The molecule has 9 heteroatoms. The molecule has 0 spiro atoms. The minimum absolute atomic E-state index is 0.198. The number of rotatable bonds is 6. The summed E-state index contributed by atoms with van der Waals surface area (Å²) in [6.07, 6.45) is 0.769. The second-order valence-electron chi connectivity index (χ2n) is 8.53. The number of aryl methyl sites for hydroxylation is 1. The molecule has 2 atom stereocenters. The number of fused-ring (bicyclic) bond motifs is 1. The van der Waals surface area contributed by atoms with Gasteiger partial charge in [-0.25, -0.2) is 4.98 Å². The Kier molecular flexibility index (Phi) is 5.85. The summed E-state index contributed by atoms with van der Waals surface area (Å²) in [7, 11) is 0. The van der Waals surface area contributed by atoms with Gasteiger partial charge in [-0.3, -0.25) is 9.79 Å². The maximum Gasteiger partial charge on any atom is 0.261 e. The van der Waals surface area contributed by atoms with Crippen LogP contribution in [0.5, 0.6) is 0 Å². The minimum atomic E-state index is -0.798. The number of anilines is 1. The Hall–Kier alpha value is -3.62. The van der Waals surface area contributed by atoms with Crippen molar-refractivity contribution in [3.63, 3.8) is 0 Å². The fourth-order valence-electron chi connectivity index (χ4n) is 4.18. The summed E-state index contributed by atoms with van der Waals surface area (Å²) >= 11 is 6.04. The molecule has 1 aliphatic rings.